The Kier molecular flexibility index (Phi) is 8.49. The maximum Gasteiger partial charge on any atom is 0.273 e. The number of hydrogen-bond acceptors (Lipinski definition) is 7. The van der Waals surface area contributed by atoms with Crippen molar-refractivity contribution in [3.8, 4) is 22.8 Å². The van der Waals surface area contributed by atoms with Gasteiger partial charge in [-0.1, -0.05) is 31.0 Å². The van der Waals surface area contributed by atoms with Gasteiger partial charge in [-0.3, -0.25) is 14.5 Å². The molecule has 1 heterocycles. The molecule has 41 heavy (non-hydrogen) atoms. The van der Waals surface area contributed by atoms with Crippen molar-refractivity contribution >= 4 is 34.7 Å². The Hall–Kier alpha value is -4.44. The maximum absolute atomic E-state index is 14.5. The van der Waals surface area contributed by atoms with E-state index in [-0.39, 0.29) is 22.5 Å². The van der Waals surface area contributed by atoms with Crippen LogP contribution < -0.4 is 25.4 Å². The molecule has 1 atom stereocenters. The van der Waals surface area contributed by atoms with Gasteiger partial charge in [0.2, 0.25) is 5.91 Å². The second-order valence-corrected chi connectivity index (χ2v) is 10.6. The van der Waals surface area contributed by atoms with E-state index < -0.39 is 17.8 Å². The van der Waals surface area contributed by atoms with Crippen LogP contribution in [0.1, 0.15) is 47.0 Å². The van der Waals surface area contributed by atoms with Crippen molar-refractivity contribution in [2.45, 2.75) is 37.8 Å². The Bertz CT molecular complexity index is 1520. The molecule has 0 bridgehead atoms. The lowest BCUT2D eigenvalue weighted by Gasteiger charge is -2.32. The number of halogens is 1. The van der Waals surface area contributed by atoms with Crippen molar-refractivity contribution in [2.75, 3.05) is 24.9 Å². The second kappa shape index (κ2) is 12.4. The molecule has 1 saturated carbocycles. The van der Waals surface area contributed by atoms with Crippen LogP contribution in [0.3, 0.4) is 0 Å². The summed E-state index contributed by atoms with van der Waals surface area (Å²) < 4.78 is 28.8. The molecule has 0 saturated heterocycles. The first-order valence-electron chi connectivity index (χ1n) is 13.3. The van der Waals surface area contributed by atoms with Crippen molar-refractivity contribution in [1.29, 1.82) is 0 Å². The highest BCUT2D eigenvalue weighted by atomic mass is 32.1. The predicted octanol–water partition coefficient (Wildman–Crippen LogP) is 6.00. The third-order valence-corrected chi connectivity index (χ3v) is 8.08. The molecule has 1 aliphatic rings. The molecule has 10 heteroatoms. The zero-order valence-corrected chi connectivity index (χ0v) is 23.6. The molecule has 0 aliphatic heterocycles. The number of nitrogens with zero attached hydrogens (tertiary/aromatic N) is 2. The summed E-state index contributed by atoms with van der Waals surface area (Å²) in [6, 6.07) is 18.8. The van der Waals surface area contributed by atoms with E-state index in [0.29, 0.717) is 34.0 Å². The van der Waals surface area contributed by atoms with Crippen LogP contribution in [-0.4, -0.2) is 36.4 Å². The van der Waals surface area contributed by atoms with Gasteiger partial charge in [-0.2, -0.15) is 4.37 Å². The van der Waals surface area contributed by atoms with E-state index in [1.807, 2.05) is 0 Å². The summed E-state index contributed by atoms with van der Waals surface area (Å²) in [4.78, 5) is 30.1. The number of nitrogens with two attached hydrogens (primary N) is 1. The number of amides is 2. The lowest BCUT2D eigenvalue weighted by Crippen LogP contribution is -2.46. The monoisotopic (exact) mass is 574 g/mol. The fourth-order valence-electron chi connectivity index (χ4n) is 5.07. The predicted molar refractivity (Wildman–Crippen MR) is 158 cm³/mol. The fraction of sp³-hybridized carbons (Fsp3) is 0.258. The minimum absolute atomic E-state index is 0.0315. The summed E-state index contributed by atoms with van der Waals surface area (Å²) in [5.74, 6) is -0.0457. The van der Waals surface area contributed by atoms with Crippen LogP contribution >= 0.6 is 11.5 Å². The van der Waals surface area contributed by atoms with Gasteiger partial charge in [0.1, 0.15) is 33.9 Å². The van der Waals surface area contributed by atoms with Crippen LogP contribution in [0, 0.1) is 5.82 Å². The number of rotatable bonds is 9. The van der Waals surface area contributed by atoms with Crippen LogP contribution in [0.2, 0.25) is 0 Å². The highest BCUT2D eigenvalue weighted by Crippen LogP contribution is 2.37. The lowest BCUT2D eigenvalue weighted by atomic mass is 10.0. The molecule has 0 unspecified atom stereocenters. The minimum Gasteiger partial charge on any atom is -0.497 e. The first kappa shape index (κ1) is 28.1. The Morgan fingerprint density at radius 2 is 1.68 bits per heavy atom. The van der Waals surface area contributed by atoms with Gasteiger partial charge in [-0.15, -0.1) is 0 Å². The molecule has 0 radical (unpaired) electrons. The molecule has 5 rings (SSSR count). The number of nitrogen functional groups attached to an aromatic ring is 1. The molecule has 3 aromatic carbocycles. The van der Waals surface area contributed by atoms with Crippen LogP contribution in [0.25, 0.3) is 11.3 Å². The SMILES string of the molecule is COc1ccc([C@@H](C(=O)NC2CCCC2)N(C(=O)c2snc(-c3ccc(F)cc3)c2N)c2cccc(OC)c2)cc1. The van der Waals surface area contributed by atoms with Gasteiger partial charge in [-0.25, -0.2) is 4.39 Å². The molecule has 1 fully saturated rings. The average Bonchev–Trinajstić information content (AvgIpc) is 3.65. The summed E-state index contributed by atoms with van der Waals surface area (Å²) in [6.45, 7) is 0. The third-order valence-electron chi connectivity index (χ3n) is 7.23. The van der Waals surface area contributed by atoms with Gasteiger partial charge in [0.05, 0.1) is 19.9 Å². The van der Waals surface area contributed by atoms with E-state index in [2.05, 4.69) is 9.69 Å². The van der Waals surface area contributed by atoms with Gasteiger partial charge in [0, 0.05) is 23.4 Å². The highest BCUT2D eigenvalue weighted by molar-refractivity contribution is 7.09. The Morgan fingerprint density at radius 3 is 2.34 bits per heavy atom. The molecule has 0 spiro atoms. The Labute approximate surface area is 242 Å². The minimum atomic E-state index is -1.03. The van der Waals surface area contributed by atoms with E-state index >= 15 is 0 Å². The zero-order valence-electron chi connectivity index (χ0n) is 22.8. The largest absolute Gasteiger partial charge is 0.497 e. The van der Waals surface area contributed by atoms with Gasteiger partial charge in [0.15, 0.2) is 0 Å². The van der Waals surface area contributed by atoms with Crippen molar-refractivity contribution in [1.82, 2.24) is 9.69 Å². The number of benzene rings is 3. The van der Waals surface area contributed by atoms with Crippen LogP contribution in [0.15, 0.2) is 72.8 Å². The van der Waals surface area contributed by atoms with Crippen LogP contribution in [0.4, 0.5) is 15.8 Å². The Morgan fingerprint density at radius 1 is 1.00 bits per heavy atom. The van der Waals surface area contributed by atoms with Crippen LogP contribution in [0.5, 0.6) is 11.5 Å². The topological polar surface area (TPSA) is 107 Å². The molecule has 2 amide bonds. The van der Waals surface area contributed by atoms with Crippen molar-refractivity contribution < 1.29 is 23.5 Å². The standard InChI is InChI=1S/C31H31FN4O4S/c1-39-24-16-12-20(13-17-24)28(30(37)34-22-6-3-4-7-22)36(23-8-5-9-25(18-23)40-2)31(38)29-26(33)27(35-41-29)19-10-14-21(32)15-11-19/h5,8-18,22,28H,3-4,6-7,33H2,1-2H3,(H,34,37)/t28-/m0/s1. The molecule has 3 N–H and O–H groups in total. The van der Waals surface area contributed by atoms with Gasteiger partial charge >= 0.3 is 0 Å². The summed E-state index contributed by atoms with van der Waals surface area (Å²) in [7, 11) is 3.10. The molecular weight excluding hydrogens is 543 g/mol. The zero-order chi connectivity index (χ0) is 28.9. The number of carbonyl (C=O) groups excluding carboxylic acids is 2. The lowest BCUT2D eigenvalue weighted by molar-refractivity contribution is -0.123. The number of hydrogen-bond donors (Lipinski definition) is 2. The Balaban J connectivity index is 1.63. The molecule has 212 valence electrons. The van der Waals surface area contributed by atoms with Gasteiger partial charge in [-0.05, 0) is 78.5 Å². The normalized spacial score (nSPS) is 13.9. The molecular formula is C31H31FN4O4S. The molecule has 1 aromatic heterocycles. The van der Waals surface area contributed by atoms with Crippen LogP contribution in [-0.2, 0) is 4.79 Å². The van der Waals surface area contributed by atoms with E-state index in [4.69, 9.17) is 15.2 Å². The van der Waals surface area contributed by atoms with E-state index in [9.17, 15) is 14.0 Å². The maximum atomic E-state index is 14.5. The number of methoxy groups -OCH3 is 2. The van der Waals surface area contributed by atoms with Crippen molar-refractivity contribution in [2.24, 2.45) is 0 Å². The summed E-state index contributed by atoms with van der Waals surface area (Å²) in [5.41, 5.74) is 8.66. The smallest absolute Gasteiger partial charge is 0.273 e. The van der Waals surface area contributed by atoms with E-state index in [1.54, 1.807) is 67.8 Å². The van der Waals surface area contributed by atoms with Crippen molar-refractivity contribution in [3.63, 3.8) is 0 Å². The number of aromatic nitrogens is 1. The summed E-state index contributed by atoms with van der Waals surface area (Å²) in [6.07, 6.45) is 3.86. The highest BCUT2D eigenvalue weighted by Gasteiger charge is 2.37. The van der Waals surface area contributed by atoms with Gasteiger partial charge < -0.3 is 20.5 Å². The fourth-order valence-corrected chi connectivity index (χ4v) is 5.83. The average molecular weight is 575 g/mol. The van der Waals surface area contributed by atoms with Gasteiger partial charge in [0.25, 0.3) is 5.91 Å². The first-order chi connectivity index (χ1) is 19.9. The van der Waals surface area contributed by atoms with E-state index in [1.165, 1.54) is 24.1 Å². The number of ether oxygens (including phenoxy) is 2. The number of carbonyl (C=O) groups is 2. The third kappa shape index (κ3) is 6.02. The molecule has 1 aliphatic carbocycles. The first-order valence-corrected chi connectivity index (χ1v) is 14.1. The summed E-state index contributed by atoms with van der Waals surface area (Å²) in [5, 5.41) is 3.17. The second-order valence-electron chi connectivity index (χ2n) is 9.82. The summed E-state index contributed by atoms with van der Waals surface area (Å²) >= 11 is 0.937. The molecule has 8 nitrogen and oxygen atoms in total. The van der Waals surface area contributed by atoms with Crippen molar-refractivity contribution in [3.05, 3.63) is 89.1 Å². The molecule has 4 aromatic rings. The number of anilines is 2. The number of nitrogens with one attached hydrogen (secondary N) is 1. The quantitative estimate of drug-likeness (QED) is 0.254. The van der Waals surface area contributed by atoms with E-state index in [0.717, 1.165) is 37.2 Å².